The normalized spacial score (nSPS) is 21.0. The van der Waals surface area contributed by atoms with E-state index in [2.05, 4.69) is 62.8 Å². The maximum Gasteiger partial charge on any atom is 0.324 e. The van der Waals surface area contributed by atoms with Gasteiger partial charge in [0, 0.05) is 53.2 Å². The molecule has 1 fully saturated rings. The maximum absolute atomic E-state index is 13.3. The Morgan fingerprint density at radius 2 is 2.02 bits per heavy atom. The molecule has 6 rings (SSSR count). The highest BCUT2D eigenvalue weighted by Crippen LogP contribution is 2.41. The van der Waals surface area contributed by atoms with Gasteiger partial charge in [0.2, 0.25) is 5.89 Å². The van der Waals surface area contributed by atoms with Gasteiger partial charge >= 0.3 is 5.97 Å². The van der Waals surface area contributed by atoms with Crippen LogP contribution in [0.2, 0.25) is 0 Å². The van der Waals surface area contributed by atoms with E-state index in [1.54, 1.807) is 6.26 Å². The van der Waals surface area contributed by atoms with Crippen LogP contribution in [-0.2, 0) is 33.7 Å². The molecule has 2 aliphatic rings. The first kappa shape index (κ1) is 30.0. The molecule has 0 radical (unpaired) electrons. The van der Waals surface area contributed by atoms with Crippen LogP contribution in [-0.4, -0.2) is 56.7 Å². The predicted molar refractivity (Wildman–Crippen MR) is 168 cm³/mol. The number of nitrogens with zero attached hydrogens (tertiary/aromatic N) is 4. The van der Waals surface area contributed by atoms with Crippen LogP contribution >= 0.6 is 0 Å². The van der Waals surface area contributed by atoms with Gasteiger partial charge in [0.25, 0.3) is 5.91 Å². The molecule has 6 bridgehead atoms. The summed E-state index contributed by atoms with van der Waals surface area (Å²) in [6, 6.07) is 8.99. The third kappa shape index (κ3) is 5.64. The van der Waals surface area contributed by atoms with Crippen molar-refractivity contribution in [2.75, 3.05) is 13.2 Å². The fourth-order valence-corrected chi connectivity index (χ4v) is 6.51. The van der Waals surface area contributed by atoms with Crippen LogP contribution in [0.3, 0.4) is 0 Å². The molecule has 10 nitrogen and oxygen atoms in total. The van der Waals surface area contributed by atoms with Gasteiger partial charge in [0.1, 0.15) is 12.3 Å². The van der Waals surface area contributed by atoms with Crippen LogP contribution in [0.5, 0.6) is 0 Å². The van der Waals surface area contributed by atoms with Gasteiger partial charge in [-0.1, -0.05) is 27.7 Å². The Kier molecular flexibility index (Phi) is 8.06. The minimum atomic E-state index is -0.835. The van der Waals surface area contributed by atoms with Gasteiger partial charge < -0.3 is 19.5 Å². The zero-order valence-corrected chi connectivity index (χ0v) is 26.2. The fraction of sp³-hybridized carbons (Fsp3) is 0.471. The van der Waals surface area contributed by atoms with E-state index in [-0.39, 0.29) is 30.8 Å². The summed E-state index contributed by atoms with van der Waals surface area (Å²) in [7, 11) is 0. The summed E-state index contributed by atoms with van der Waals surface area (Å²) < 4.78 is 14.2. The van der Waals surface area contributed by atoms with Crippen molar-refractivity contribution >= 4 is 22.8 Å². The molecule has 3 N–H and O–H groups in total. The molecule has 44 heavy (non-hydrogen) atoms. The van der Waals surface area contributed by atoms with E-state index in [4.69, 9.17) is 24.9 Å². The molecule has 0 unspecified atom stereocenters. The molecule has 1 amide bonds. The number of esters is 1. The number of benzene rings is 1. The van der Waals surface area contributed by atoms with Crippen LogP contribution < -0.4 is 11.2 Å². The Labute approximate surface area is 257 Å². The van der Waals surface area contributed by atoms with Crippen molar-refractivity contribution in [1.29, 1.82) is 0 Å². The summed E-state index contributed by atoms with van der Waals surface area (Å²) in [5.74, 6) is 0.0634. The van der Waals surface area contributed by atoms with Crippen molar-refractivity contribution in [3.05, 3.63) is 59.7 Å². The number of pyridine rings is 1. The molecule has 0 spiro atoms. The van der Waals surface area contributed by atoms with Gasteiger partial charge in [-0.3, -0.25) is 19.6 Å². The molecule has 2 aliphatic heterocycles. The quantitative estimate of drug-likeness (QED) is 0.316. The number of hydrazine groups is 1. The van der Waals surface area contributed by atoms with Crippen molar-refractivity contribution < 1.29 is 18.7 Å². The summed E-state index contributed by atoms with van der Waals surface area (Å²) in [5.41, 5.74) is 16.0. The van der Waals surface area contributed by atoms with E-state index in [9.17, 15) is 9.59 Å². The first-order valence-electron chi connectivity index (χ1n) is 15.6. The fourth-order valence-electron chi connectivity index (χ4n) is 6.51. The molecule has 5 heterocycles. The monoisotopic (exact) mass is 598 g/mol. The second-order valence-corrected chi connectivity index (χ2v) is 13.1. The van der Waals surface area contributed by atoms with Crippen LogP contribution in [0.1, 0.15) is 70.3 Å². The summed E-state index contributed by atoms with van der Waals surface area (Å²) in [6.07, 6.45) is 5.55. The van der Waals surface area contributed by atoms with Crippen molar-refractivity contribution in [3.8, 4) is 22.7 Å². The molecule has 1 aromatic carbocycles. The highest BCUT2D eigenvalue weighted by molar-refractivity contribution is 5.95. The lowest BCUT2D eigenvalue weighted by atomic mass is 9.84. The Morgan fingerprint density at radius 3 is 2.80 bits per heavy atom. The number of hydrogen-bond acceptors (Lipinski definition) is 8. The van der Waals surface area contributed by atoms with Gasteiger partial charge in [-0.05, 0) is 68.0 Å². The number of ether oxygens (including phenoxy) is 1. The van der Waals surface area contributed by atoms with E-state index in [1.807, 2.05) is 18.3 Å². The Balaban J connectivity index is 1.53. The Bertz CT molecular complexity index is 1700. The molecular formula is C34H42N6O4. The molecule has 2 atom stereocenters. The van der Waals surface area contributed by atoms with Gasteiger partial charge in [-0.2, -0.15) is 0 Å². The zero-order valence-electron chi connectivity index (χ0n) is 26.2. The average molecular weight is 599 g/mol. The number of carbonyl (C=O) groups is 2. The van der Waals surface area contributed by atoms with E-state index < -0.39 is 17.5 Å². The number of fused-ring (bicyclic) bond motifs is 6. The minimum absolute atomic E-state index is 0.215. The molecule has 1 saturated heterocycles. The largest absolute Gasteiger partial charge is 0.464 e. The van der Waals surface area contributed by atoms with Crippen LogP contribution in [0.4, 0.5) is 0 Å². The Morgan fingerprint density at radius 1 is 1.20 bits per heavy atom. The first-order valence-corrected chi connectivity index (χ1v) is 15.6. The number of oxazole rings is 1. The third-order valence-electron chi connectivity index (χ3n) is 8.67. The number of nitrogens with two attached hydrogens (primary N) is 1. The number of cyclic esters (lactones) is 1. The van der Waals surface area contributed by atoms with E-state index in [0.29, 0.717) is 37.4 Å². The molecular weight excluding hydrogens is 556 g/mol. The lowest BCUT2D eigenvalue weighted by Gasteiger charge is -2.34. The molecule has 10 heteroatoms. The molecule has 232 valence electrons. The van der Waals surface area contributed by atoms with Crippen LogP contribution in [0.25, 0.3) is 33.6 Å². The minimum Gasteiger partial charge on any atom is -0.464 e. The smallest absolute Gasteiger partial charge is 0.324 e. The maximum atomic E-state index is 13.3. The lowest BCUT2D eigenvalue weighted by Crippen LogP contribution is -2.59. The van der Waals surface area contributed by atoms with Crippen LogP contribution in [0, 0.1) is 5.41 Å². The summed E-state index contributed by atoms with van der Waals surface area (Å²) >= 11 is 0. The number of carbonyl (C=O) groups excluding carboxylic acids is 2. The second-order valence-electron chi connectivity index (χ2n) is 13.1. The number of amides is 1. The van der Waals surface area contributed by atoms with Gasteiger partial charge in [0.05, 0.1) is 29.7 Å². The first-order chi connectivity index (χ1) is 21.1. The van der Waals surface area contributed by atoms with Crippen molar-refractivity contribution in [3.63, 3.8) is 0 Å². The number of aryl methyl sites for hydroxylation is 1. The van der Waals surface area contributed by atoms with Crippen molar-refractivity contribution in [2.24, 2.45) is 11.1 Å². The van der Waals surface area contributed by atoms with Gasteiger partial charge in [-0.25, -0.2) is 10.4 Å². The average Bonchev–Trinajstić information content (AvgIpc) is 3.60. The molecule has 3 aromatic heterocycles. The van der Waals surface area contributed by atoms with Gasteiger partial charge in [0.15, 0.2) is 0 Å². The molecule has 0 saturated carbocycles. The van der Waals surface area contributed by atoms with Crippen molar-refractivity contribution in [2.45, 2.75) is 84.8 Å². The van der Waals surface area contributed by atoms with Crippen molar-refractivity contribution in [1.82, 2.24) is 25.0 Å². The van der Waals surface area contributed by atoms with E-state index >= 15 is 0 Å². The zero-order chi connectivity index (χ0) is 31.2. The lowest BCUT2D eigenvalue weighted by molar-refractivity contribution is -0.154. The number of aromatic nitrogens is 3. The van der Waals surface area contributed by atoms with E-state index in [1.165, 1.54) is 10.6 Å². The van der Waals surface area contributed by atoms with Gasteiger partial charge in [-0.15, -0.1) is 0 Å². The molecule has 4 aromatic rings. The van der Waals surface area contributed by atoms with Crippen LogP contribution in [0.15, 0.2) is 47.2 Å². The third-order valence-corrected chi connectivity index (χ3v) is 8.67. The second kappa shape index (κ2) is 11.8. The highest BCUT2D eigenvalue weighted by atomic mass is 16.5. The number of hydrogen-bond donors (Lipinski definition) is 2. The SMILES string of the molecule is CCn1c(-c2cccnc2C(C)C)c2c3cc(ccc31)-c1nc(co1)C[C@H](N)C(=O)N1CCC[C@H](N1)C(=O)OCC(C)(C)C2. The standard InChI is InChI=1S/C34H42N6O4/c1-6-39-28-12-11-21-15-24(28)25(30(39)23-9-7-13-36-29(23)20(2)3)17-34(4,5)19-44-33(42)27-10-8-14-40(38-27)32(41)26(35)16-22-18-43-31(21)37-22/h7,9,11-13,15,18,20,26-27,38H,6,8,10,14,16-17,19,35H2,1-5H3/t26-,27-/m0/s1. The topological polar surface area (TPSA) is 129 Å². The predicted octanol–water partition coefficient (Wildman–Crippen LogP) is 4.99. The number of rotatable bonds is 3. The van der Waals surface area contributed by atoms with E-state index in [0.717, 1.165) is 40.0 Å². The Hall–Kier alpha value is -4.02. The summed E-state index contributed by atoms with van der Waals surface area (Å²) in [4.78, 5) is 36.0. The summed E-state index contributed by atoms with van der Waals surface area (Å²) in [6.45, 7) is 12.2. The number of nitrogens with one attached hydrogen (secondary N) is 1. The molecule has 0 aliphatic carbocycles. The summed E-state index contributed by atoms with van der Waals surface area (Å²) in [5, 5.41) is 2.55. The highest BCUT2D eigenvalue weighted by Gasteiger charge is 2.34.